The fraction of sp³-hybridized carbons (Fsp3) is 0.933. The third-order valence-electron chi connectivity index (χ3n) is 4.88. The highest BCUT2D eigenvalue weighted by atomic mass is 16.5. The second-order valence-corrected chi connectivity index (χ2v) is 6.45. The largest absolute Gasteiger partial charge is 0.462 e. The summed E-state index contributed by atoms with van der Waals surface area (Å²) in [6.45, 7) is 4.56. The van der Waals surface area contributed by atoms with Gasteiger partial charge >= 0.3 is 5.97 Å². The predicted octanol–water partition coefficient (Wildman–Crippen LogP) is 2.87. The van der Waals surface area contributed by atoms with Crippen LogP contribution in [0.3, 0.4) is 0 Å². The van der Waals surface area contributed by atoms with E-state index in [1.54, 1.807) is 0 Å². The molecule has 2 aliphatic carbocycles. The fourth-order valence-electron chi connectivity index (χ4n) is 3.31. The normalized spacial score (nSPS) is 41.4. The Morgan fingerprint density at radius 1 is 1.06 bits per heavy atom. The maximum Gasteiger partial charge on any atom is 0.309 e. The van der Waals surface area contributed by atoms with Crippen LogP contribution in [0.2, 0.25) is 0 Å². The van der Waals surface area contributed by atoms with Crippen molar-refractivity contribution >= 4 is 5.97 Å². The monoisotopic (exact) mass is 253 g/mol. The van der Waals surface area contributed by atoms with Crippen molar-refractivity contribution in [2.45, 2.75) is 70.9 Å². The molecule has 0 bridgehead atoms. The summed E-state index contributed by atoms with van der Waals surface area (Å²) in [7, 11) is 0. The van der Waals surface area contributed by atoms with Crippen LogP contribution < -0.4 is 5.73 Å². The second-order valence-electron chi connectivity index (χ2n) is 6.45. The molecule has 0 aromatic rings. The van der Waals surface area contributed by atoms with Crippen molar-refractivity contribution in [3.8, 4) is 0 Å². The minimum absolute atomic E-state index is 0.0110. The van der Waals surface area contributed by atoms with Crippen LogP contribution in [-0.2, 0) is 9.53 Å². The molecule has 104 valence electrons. The van der Waals surface area contributed by atoms with Crippen molar-refractivity contribution in [1.29, 1.82) is 0 Å². The molecule has 0 radical (unpaired) electrons. The van der Waals surface area contributed by atoms with E-state index in [0.29, 0.717) is 5.92 Å². The number of hydrogen-bond acceptors (Lipinski definition) is 3. The SMILES string of the molecule is CC1CCC(OC(=O)C2CCCC(N)C2)CC1C. The summed E-state index contributed by atoms with van der Waals surface area (Å²) in [6, 6.07) is 0.196. The highest BCUT2D eigenvalue weighted by molar-refractivity contribution is 5.72. The first-order chi connectivity index (χ1) is 8.56. The Morgan fingerprint density at radius 2 is 1.83 bits per heavy atom. The number of carbonyl (C=O) groups excluding carboxylic acids is 1. The van der Waals surface area contributed by atoms with E-state index in [4.69, 9.17) is 10.5 Å². The molecule has 2 fully saturated rings. The Bertz CT molecular complexity index is 292. The zero-order valence-electron chi connectivity index (χ0n) is 11.7. The molecule has 0 aliphatic heterocycles. The lowest BCUT2D eigenvalue weighted by Crippen LogP contribution is -2.35. The molecule has 18 heavy (non-hydrogen) atoms. The molecule has 0 amide bonds. The summed E-state index contributed by atoms with van der Waals surface area (Å²) in [5.74, 6) is 1.51. The predicted molar refractivity (Wildman–Crippen MR) is 72.0 cm³/mol. The van der Waals surface area contributed by atoms with Crippen LogP contribution in [-0.4, -0.2) is 18.1 Å². The lowest BCUT2D eigenvalue weighted by atomic mass is 9.80. The Labute approximate surface area is 110 Å². The number of nitrogens with two attached hydrogens (primary N) is 1. The number of esters is 1. The fourth-order valence-corrected chi connectivity index (χ4v) is 3.31. The Hall–Kier alpha value is -0.570. The van der Waals surface area contributed by atoms with Crippen LogP contribution in [0.5, 0.6) is 0 Å². The number of hydrogen-bond donors (Lipinski definition) is 1. The standard InChI is InChI=1S/C15H27NO2/c1-10-6-7-14(8-11(10)2)18-15(17)12-4-3-5-13(16)9-12/h10-14H,3-9,16H2,1-2H3. The van der Waals surface area contributed by atoms with Gasteiger partial charge in [-0.2, -0.15) is 0 Å². The molecule has 3 nitrogen and oxygen atoms in total. The van der Waals surface area contributed by atoms with E-state index in [-0.39, 0.29) is 24.0 Å². The summed E-state index contributed by atoms with van der Waals surface area (Å²) in [5, 5.41) is 0. The maximum absolute atomic E-state index is 12.1. The highest BCUT2D eigenvalue weighted by Gasteiger charge is 2.31. The van der Waals surface area contributed by atoms with Crippen molar-refractivity contribution in [2.75, 3.05) is 0 Å². The molecule has 5 unspecified atom stereocenters. The Kier molecular flexibility index (Phi) is 4.66. The van der Waals surface area contributed by atoms with Crippen LogP contribution in [0.1, 0.15) is 58.8 Å². The van der Waals surface area contributed by atoms with Crippen molar-refractivity contribution < 1.29 is 9.53 Å². The first-order valence-corrected chi connectivity index (χ1v) is 7.52. The summed E-state index contributed by atoms with van der Waals surface area (Å²) in [6.07, 6.45) is 7.32. The lowest BCUT2D eigenvalue weighted by molar-refractivity contribution is -0.158. The average molecular weight is 253 g/mol. The maximum atomic E-state index is 12.1. The molecule has 3 heteroatoms. The van der Waals surface area contributed by atoms with Gasteiger partial charge in [-0.05, 0) is 50.4 Å². The van der Waals surface area contributed by atoms with E-state index in [2.05, 4.69) is 13.8 Å². The molecule has 0 saturated heterocycles. The van der Waals surface area contributed by atoms with Crippen molar-refractivity contribution in [1.82, 2.24) is 0 Å². The number of carbonyl (C=O) groups is 1. The van der Waals surface area contributed by atoms with Gasteiger partial charge in [0.1, 0.15) is 6.10 Å². The summed E-state index contributed by atoms with van der Waals surface area (Å²) < 4.78 is 5.70. The molecule has 0 heterocycles. The molecule has 0 aromatic carbocycles. The molecule has 2 aliphatic rings. The van der Waals surface area contributed by atoms with Gasteiger partial charge < -0.3 is 10.5 Å². The number of ether oxygens (including phenoxy) is 1. The van der Waals surface area contributed by atoms with Gasteiger partial charge in [0, 0.05) is 6.04 Å². The number of rotatable bonds is 2. The van der Waals surface area contributed by atoms with E-state index in [9.17, 15) is 4.79 Å². The Balaban J connectivity index is 1.80. The van der Waals surface area contributed by atoms with Gasteiger partial charge in [-0.15, -0.1) is 0 Å². The van der Waals surface area contributed by atoms with Gasteiger partial charge in [-0.3, -0.25) is 4.79 Å². The van der Waals surface area contributed by atoms with Gasteiger partial charge in [-0.1, -0.05) is 20.3 Å². The lowest BCUT2D eigenvalue weighted by Gasteiger charge is -2.33. The van der Waals surface area contributed by atoms with Gasteiger partial charge in [0.25, 0.3) is 0 Å². The summed E-state index contributed by atoms with van der Waals surface area (Å²) >= 11 is 0. The van der Waals surface area contributed by atoms with Gasteiger partial charge in [0.05, 0.1) is 5.92 Å². The van der Waals surface area contributed by atoms with E-state index < -0.39 is 0 Å². The van der Waals surface area contributed by atoms with Crippen LogP contribution in [0, 0.1) is 17.8 Å². The van der Waals surface area contributed by atoms with E-state index in [1.165, 1.54) is 6.42 Å². The Morgan fingerprint density at radius 3 is 2.50 bits per heavy atom. The molecule has 2 rings (SSSR count). The minimum Gasteiger partial charge on any atom is -0.462 e. The third kappa shape index (κ3) is 3.47. The molecule has 0 spiro atoms. The quantitative estimate of drug-likeness (QED) is 0.770. The second kappa shape index (κ2) is 6.05. The van der Waals surface area contributed by atoms with E-state index >= 15 is 0 Å². The third-order valence-corrected chi connectivity index (χ3v) is 4.88. The van der Waals surface area contributed by atoms with Gasteiger partial charge in [0.2, 0.25) is 0 Å². The first-order valence-electron chi connectivity index (χ1n) is 7.52. The molecule has 0 aromatic heterocycles. The zero-order chi connectivity index (χ0) is 13.1. The van der Waals surface area contributed by atoms with Crippen LogP contribution in [0.15, 0.2) is 0 Å². The molecule has 2 N–H and O–H groups in total. The van der Waals surface area contributed by atoms with E-state index in [1.807, 2.05) is 0 Å². The average Bonchev–Trinajstić information content (AvgIpc) is 2.34. The van der Waals surface area contributed by atoms with Crippen molar-refractivity contribution in [3.63, 3.8) is 0 Å². The summed E-state index contributed by atoms with van der Waals surface area (Å²) in [4.78, 5) is 12.1. The topological polar surface area (TPSA) is 52.3 Å². The van der Waals surface area contributed by atoms with E-state index in [0.717, 1.165) is 44.4 Å². The zero-order valence-corrected chi connectivity index (χ0v) is 11.7. The van der Waals surface area contributed by atoms with Crippen molar-refractivity contribution in [3.05, 3.63) is 0 Å². The minimum atomic E-state index is 0.0110. The molecular formula is C15H27NO2. The molecule has 5 atom stereocenters. The molecule has 2 saturated carbocycles. The highest BCUT2D eigenvalue weighted by Crippen LogP contribution is 2.32. The van der Waals surface area contributed by atoms with Crippen LogP contribution >= 0.6 is 0 Å². The van der Waals surface area contributed by atoms with Crippen LogP contribution in [0.25, 0.3) is 0 Å². The van der Waals surface area contributed by atoms with Crippen molar-refractivity contribution in [2.24, 2.45) is 23.5 Å². The summed E-state index contributed by atoms with van der Waals surface area (Å²) in [5.41, 5.74) is 5.93. The van der Waals surface area contributed by atoms with Crippen LogP contribution in [0.4, 0.5) is 0 Å². The molecular weight excluding hydrogens is 226 g/mol. The van der Waals surface area contributed by atoms with Gasteiger partial charge in [-0.25, -0.2) is 0 Å². The smallest absolute Gasteiger partial charge is 0.309 e. The van der Waals surface area contributed by atoms with Gasteiger partial charge in [0.15, 0.2) is 0 Å². The first kappa shape index (κ1) is 13.9.